The zero-order chi connectivity index (χ0) is 18.4. The molecule has 0 saturated carbocycles. The molecule has 0 aromatic heterocycles. The van der Waals surface area contributed by atoms with Crippen molar-refractivity contribution in [2.24, 2.45) is 5.41 Å². The second-order valence-electron chi connectivity index (χ2n) is 4.23. The lowest BCUT2D eigenvalue weighted by Crippen LogP contribution is -2.38. The Kier molecular flexibility index (Phi) is 12.6. The Morgan fingerprint density at radius 1 is 0.800 bits per heavy atom. The highest BCUT2D eigenvalue weighted by Crippen LogP contribution is 2.19. The Labute approximate surface area is 145 Å². The van der Waals surface area contributed by atoms with Crippen LogP contribution < -0.4 is 0 Å². The molecule has 0 aliphatic rings. The highest BCUT2D eigenvalue weighted by Gasteiger charge is 2.34. The minimum absolute atomic E-state index is 0. The fraction of sp³-hybridized carbons (Fsp3) is 0.235. The third kappa shape index (κ3) is 10.1. The predicted octanol–water partition coefficient (Wildman–Crippen LogP) is 0.457. The Bertz CT molecular complexity index is 519. The molecule has 25 heavy (non-hydrogen) atoms. The molecule has 0 unspecified atom stereocenters. The summed E-state index contributed by atoms with van der Waals surface area (Å²) in [5.41, 5.74) is -1.36. The van der Waals surface area contributed by atoms with Gasteiger partial charge in [0, 0.05) is 18.2 Å². The lowest BCUT2D eigenvalue weighted by atomic mass is 9.92. The van der Waals surface area contributed by atoms with E-state index >= 15 is 0 Å². The molecule has 0 atom stereocenters. The smallest absolute Gasteiger partial charge is 0.330 e. The molecule has 0 aromatic carbocycles. The minimum atomic E-state index is -1.36. The quantitative estimate of drug-likeness (QED) is 0.184. The monoisotopic (exact) mass is 352 g/mol. The Balaban J connectivity index is 0. The van der Waals surface area contributed by atoms with Crippen LogP contribution in [-0.4, -0.2) is 43.2 Å². The van der Waals surface area contributed by atoms with Gasteiger partial charge < -0.3 is 24.4 Å². The third-order valence-corrected chi connectivity index (χ3v) is 2.43. The molecular formula is C17H20O8. The molecule has 0 aliphatic heterocycles. The number of ether oxygens (including phenoxy) is 4. The van der Waals surface area contributed by atoms with Crippen molar-refractivity contribution in [1.82, 2.24) is 0 Å². The lowest BCUT2D eigenvalue weighted by molar-refractivity contribution is -0.151. The molecule has 2 N–H and O–H groups in total. The van der Waals surface area contributed by atoms with Crippen molar-refractivity contribution in [1.29, 1.82) is 0 Å². The number of carbonyl (C=O) groups excluding carboxylic acids is 3. The van der Waals surface area contributed by atoms with Crippen molar-refractivity contribution in [3.8, 4) is 12.0 Å². The molecule has 0 fully saturated rings. The molecule has 8 heteroatoms. The summed E-state index contributed by atoms with van der Waals surface area (Å²) in [5.74, 6) is 0.416. The van der Waals surface area contributed by atoms with Gasteiger partial charge in [-0.1, -0.05) is 26.3 Å². The maximum Gasteiger partial charge on any atom is 0.330 e. The van der Waals surface area contributed by atoms with Crippen LogP contribution in [0.15, 0.2) is 50.8 Å². The molecule has 0 amide bonds. The first-order valence-electron chi connectivity index (χ1n) is 6.59. The van der Waals surface area contributed by atoms with Gasteiger partial charge in [0.05, 0.1) is 6.26 Å². The molecule has 8 nitrogen and oxygen atoms in total. The van der Waals surface area contributed by atoms with Gasteiger partial charge in [-0.2, -0.15) is 0 Å². The molecular weight excluding hydrogens is 332 g/mol. The molecule has 0 radical (unpaired) electrons. The molecule has 0 aliphatic carbocycles. The summed E-state index contributed by atoms with van der Waals surface area (Å²) in [4.78, 5) is 33.9. The lowest BCUT2D eigenvalue weighted by Gasteiger charge is -2.26. The van der Waals surface area contributed by atoms with Crippen molar-refractivity contribution < 1.29 is 38.8 Å². The van der Waals surface area contributed by atoms with Crippen molar-refractivity contribution in [2.75, 3.05) is 19.8 Å². The Morgan fingerprint density at radius 3 is 1.44 bits per heavy atom. The van der Waals surface area contributed by atoms with Gasteiger partial charge in [0.25, 0.3) is 0 Å². The third-order valence-electron chi connectivity index (χ3n) is 2.43. The normalized spacial score (nSPS) is 8.96. The maximum atomic E-state index is 11.3. The first kappa shape index (κ1) is 23.9. The first-order valence-corrected chi connectivity index (χ1v) is 6.59. The van der Waals surface area contributed by atoms with Crippen LogP contribution in [0.25, 0.3) is 0 Å². The van der Waals surface area contributed by atoms with E-state index in [0.717, 1.165) is 24.5 Å². The number of carbonyl (C=O) groups is 3. The second-order valence-corrected chi connectivity index (χ2v) is 4.23. The second kappa shape index (κ2) is 13.2. The Hall–Kier alpha value is -3.31. The van der Waals surface area contributed by atoms with Crippen molar-refractivity contribution in [3.63, 3.8) is 0 Å². The van der Waals surface area contributed by atoms with Crippen LogP contribution in [0.3, 0.4) is 0 Å². The summed E-state index contributed by atoms with van der Waals surface area (Å²) < 4.78 is 19.5. The zero-order valence-corrected chi connectivity index (χ0v) is 13.6. The van der Waals surface area contributed by atoms with Crippen LogP contribution in [0.2, 0.25) is 0 Å². The van der Waals surface area contributed by atoms with Gasteiger partial charge in [-0.05, 0) is 5.92 Å². The first-order chi connectivity index (χ1) is 11.4. The molecule has 136 valence electrons. The predicted molar refractivity (Wildman–Crippen MR) is 88.6 cm³/mol. The zero-order valence-electron chi connectivity index (χ0n) is 13.6. The van der Waals surface area contributed by atoms with Gasteiger partial charge >= 0.3 is 17.9 Å². The van der Waals surface area contributed by atoms with E-state index in [1.54, 1.807) is 0 Å². The molecule has 0 bridgehead atoms. The van der Waals surface area contributed by atoms with Crippen LogP contribution in [0.4, 0.5) is 0 Å². The van der Waals surface area contributed by atoms with Crippen LogP contribution in [0.1, 0.15) is 0 Å². The summed E-state index contributed by atoms with van der Waals surface area (Å²) in [5, 5.41) is 0. The number of rotatable bonds is 10. The summed E-state index contributed by atoms with van der Waals surface area (Å²) >= 11 is 0. The molecule has 0 rings (SSSR count). The molecule has 0 aromatic rings. The van der Waals surface area contributed by atoms with Crippen LogP contribution >= 0.6 is 0 Å². The maximum absolute atomic E-state index is 11.3. The number of hydrogen-bond donors (Lipinski definition) is 0. The Morgan fingerprint density at radius 2 is 1.16 bits per heavy atom. The van der Waals surface area contributed by atoms with Gasteiger partial charge in [-0.15, -0.1) is 0 Å². The number of esters is 3. The van der Waals surface area contributed by atoms with Gasteiger partial charge in [0.1, 0.15) is 31.3 Å². The van der Waals surface area contributed by atoms with E-state index in [0.29, 0.717) is 0 Å². The number of hydrogen-bond acceptors (Lipinski definition) is 7. The van der Waals surface area contributed by atoms with Crippen molar-refractivity contribution in [3.05, 3.63) is 50.8 Å². The summed E-state index contributed by atoms with van der Waals surface area (Å²) in [6.45, 7) is 12.1. The van der Waals surface area contributed by atoms with E-state index in [-0.39, 0.29) is 25.3 Å². The largest absolute Gasteiger partial charge is 0.461 e. The van der Waals surface area contributed by atoms with Crippen LogP contribution in [-0.2, 0) is 33.3 Å². The van der Waals surface area contributed by atoms with E-state index in [9.17, 15) is 14.4 Å². The highest BCUT2D eigenvalue weighted by molar-refractivity contribution is 5.82. The summed E-state index contributed by atoms with van der Waals surface area (Å²) in [6, 6.07) is 0. The van der Waals surface area contributed by atoms with Crippen LogP contribution in [0, 0.1) is 17.4 Å². The van der Waals surface area contributed by atoms with Crippen LogP contribution in [0.5, 0.6) is 0 Å². The summed E-state index contributed by atoms with van der Waals surface area (Å²) in [7, 11) is 0. The van der Waals surface area contributed by atoms with Gasteiger partial charge in [-0.25, -0.2) is 14.4 Å². The fourth-order valence-corrected chi connectivity index (χ4v) is 1.22. The van der Waals surface area contributed by atoms with Gasteiger partial charge in [0.15, 0.2) is 0 Å². The van der Waals surface area contributed by atoms with Crippen molar-refractivity contribution >= 4 is 17.9 Å². The topological polar surface area (TPSA) is 120 Å². The SMILES string of the molecule is C=COC#CC(COC(=O)C=C)(COC(=O)C=C)COC(=O)C=C.O. The molecule has 0 saturated heterocycles. The fourth-order valence-electron chi connectivity index (χ4n) is 1.22. The van der Waals surface area contributed by atoms with E-state index in [4.69, 9.17) is 18.9 Å². The summed E-state index contributed by atoms with van der Waals surface area (Å²) in [6.07, 6.45) is 6.20. The van der Waals surface area contributed by atoms with Crippen molar-refractivity contribution in [2.45, 2.75) is 0 Å². The molecule has 0 spiro atoms. The molecule has 0 heterocycles. The standard InChI is InChI=1S/C17H18O7.H2O/c1-5-14(18)22-11-17(9-10-21-8-4,12-23-15(19)6-2)13-24-16(20)7-3;/h5-8H,1-4,11-13H2;1H2. The van der Waals surface area contributed by atoms with E-state index in [1.165, 1.54) is 0 Å². The van der Waals surface area contributed by atoms with E-state index < -0.39 is 23.3 Å². The van der Waals surface area contributed by atoms with Gasteiger partial charge in [-0.3, -0.25) is 0 Å². The average Bonchev–Trinajstić information content (AvgIpc) is 2.61. The van der Waals surface area contributed by atoms with Gasteiger partial charge in [0.2, 0.25) is 0 Å². The van der Waals surface area contributed by atoms with E-state index in [2.05, 4.69) is 38.3 Å². The van der Waals surface area contributed by atoms with E-state index in [1.807, 2.05) is 0 Å². The minimum Gasteiger partial charge on any atom is -0.461 e. The highest BCUT2D eigenvalue weighted by atomic mass is 16.6. The average molecular weight is 352 g/mol.